The van der Waals surface area contributed by atoms with Crippen LogP contribution in [0.2, 0.25) is 0 Å². The predicted octanol–water partition coefficient (Wildman–Crippen LogP) is 11.7. The minimum absolute atomic E-state index is 0.0973. The van der Waals surface area contributed by atoms with Gasteiger partial charge in [0.1, 0.15) is 0 Å². The maximum atomic E-state index is 12.3. The summed E-state index contributed by atoms with van der Waals surface area (Å²) in [6.07, 6.45) is 59.1. The Morgan fingerprint density at radius 2 is 0.958 bits per heavy atom. The zero-order valence-electron chi connectivity index (χ0n) is 30.7. The molecule has 1 amide bonds. The van der Waals surface area contributed by atoms with Crippen molar-refractivity contribution in [3.05, 3.63) is 109 Å². The van der Waals surface area contributed by atoms with Crippen molar-refractivity contribution in [1.29, 1.82) is 0 Å². The van der Waals surface area contributed by atoms with Crippen molar-refractivity contribution in [2.75, 3.05) is 6.61 Å². The molecule has 0 heterocycles. The molecule has 0 aromatic rings. The zero-order chi connectivity index (χ0) is 35.0. The summed E-state index contributed by atoms with van der Waals surface area (Å²) in [6, 6.07) is -0.655. The predicted molar refractivity (Wildman–Crippen MR) is 211 cm³/mol. The number of carbonyl (C=O) groups excluding carboxylic acids is 1. The fraction of sp³-hybridized carbons (Fsp3) is 0.568. The first-order valence-electron chi connectivity index (χ1n) is 19.1. The van der Waals surface area contributed by atoms with Crippen molar-refractivity contribution in [3.63, 3.8) is 0 Å². The van der Waals surface area contributed by atoms with E-state index in [1.54, 1.807) is 6.08 Å². The van der Waals surface area contributed by atoms with E-state index < -0.39 is 12.1 Å². The molecule has 0 radical (unpaired) electrons. The lowest BCUT2D eigenvalue weighted by Gasteiger charge is -2.19. The van der Waals surface area contributed by atoms with E-state index in [2.05, 4.69) is 109 Å². The maximum absolute atomic E-state index is 12.3. The van der Waals surface area contributed by atoms with Gasteiger partial charge in [-0.05, 0) is 90.4 Å². The quantitative estimate of drug-likeness (QED) is 0.0496. The molecule has 0 aliphatic carbocycles. The van der Waals surface area contributed by atoms with Crippen LogP contribution in [0, 0.1) is 0 Å². The first kappa shape index (κ1) is 45.1. The molecule has 3 N–H and O–H groups in total. The van der Waals surface area contributed by atoms with Gasteiger partial charge in [-0.1, -0.05) is 155 Å². The number of unbranched alkanes of at least 4 members (excludes halogenated alkanes) is 10. The van der Waals surface area contributed by atoms with E-state index in [9.17, 15) is 15.0 Å². The minimum Gasteiger partial charge on any atom is -0.394 e. The Balaban J connectivity index is 3.67. The summed E-state index contributed by atoms with van der Waals surface area (Å²) >= 11 is 0. The third kappa shape index (κ3) is 34.4. The van der Waals surface area contributed by atoms with Gasteiger partial charge in [0.05, 0.1) is 18.8 Å². The van der Waals surface area contributed by atoms with Crippen molar-refractivity contribution < 1.29 is 15.0 Å². The Morgan fingerprint density at radius 3 is 1.46 bits per heavy atom. The number of nitrogens with one attached hydrogen (secondary N) is 1. The summed E-state index contributed by atoms with van der Waals surface area (Å²) in [5.41, 5.74) is 0. The number of rotatable bonds is 32. The molecule has 0 aromatic heterocycles. The largest absolute Gasteiger partial charge is 0.394 e. The molecular weight excluding hydrogens is 590 g/mol. The van der Waals surface area contributed by atoms with Gasteiger partial charge in [-0.15, -0.1) is 0 Å². The third-order valence-electron chi connectivity index (χ3n) is 7.81. The lowest BCUT2D eigenvalue weighted by atomic mass is 10.1. The van der Waals surface area contributed by atoms with E-state index in [0.717, 1.165) is 89.9 Å². The summed E-state index contributed by atoms with van der Waals surface area (Å²) in [6.45, 7) is 3.91. The molecule has 0 rings (SSSR count). The molecule has 0 aliphatic rings. The number of hydrogen-bond donors (Lipinski definition) is 3. The molecule has 0 saturated carbocycles. The number of aliphatic hydroxyl groups is 2. The van der Waals surface area contributed by atoms with Gasteiger partial charge in [0.25, 0.3) is 0 Å². The summed E-state index contributed by atoms with van der Waals surface area (Å²) < 4.78 is 0. The normalized spacial score (nSPS) is 14.3. The van der Waals surface area contributed by atoms with Crippen LogP contribution < -0.4 is 5.32 Å². The van der Waals surface area contributed by atoms with Gasteiger partial charge >= 0.3 is 0 Å². The Morgan fingerprint density at radius 1 is 0.542 bits per heavy atom. The van der Waals surface area contributed by atoms with Gasteiger partial charge in [0.2, 0.25) is 5.91 Å². The summed E-state index contributed by atoms with van der Waals surface area (Å²) in [4.78, 5) is 12.3. The molecule has 0 spiro atoms. The highest BCUT2D eigenvalue weighted by molar-refractivity contribution is 5.76. The van der Waals surface area contributed by atoms with E-state index in [0.29, 0.717) is 6.42 Å². The van der Waals surface area contributed by atoms with Crippen molar-refractivity contribution in [2.24, 2.45) is 0 Å². The van der Waals surface area contributed by atoms with Crippen molar-refractivity contribution in [2.45, 2.75) is 154 Å². The van der Waals surface area contributed by atoms with Crippen LogP contribution in [0.4, 0.5) is 0 Å². The number of amides is 1. The average molecular weight is 662 g/mol. The van der Waals surface area contributed by atoms with Crippen LogP contribution in [0.25, 0.3) is 0 Å². The second-order valence-electron chi connectivity index (χ2n) is 12.3. The molecule has 4 heteroatoms. The molecular formula is C44H71NO3. The highest BCUT2D eigenvalue weighted by Gasteiger charge is 2.17. The van der Waals surface area contributed by atoms with E-state index in [4.69, 9.17) is 0 Å². The van der Waals surface area contributed by atoms with Crippen LogP contribution in [0.5, 0.6) is 0 Å². The standard InChI is InChI=1S/C44H71NO3/c1-3-5-7-9-11-13-14-15-16-17-18-19-20-21-22-23-24-25-26-27-28-29-30-32-34-36-38-40-44(48)45-42(41-46)43(47)39-37-35-33-31-12-10-8-6-4-2/h4-7,11-13,15-16,18-19,21-22,24-25,31,37,39,42-43,46-47H,3,8-10,14,17,20,23,26-30,32-36,38,40-41H2,1-2H3,(H,45,48)/b6-4+,7-5-,13-11-,16-15-,19-18-,22-21-,25-24-,31-12+,39-37+. The highest BCUT2D eigenvalue weighted by atomic mass is 16.3. The lowest BCUT2D eigenvalue weighted by molar-refractivity contribution is -0.123. The number of aliphatic hydroxyl groups excluding tert-OH is 2. The molecule has 270 valence electrons. The fourth-order valence-electron chi connectivity index (χ4n) is 4.92. The van der Waals surface area contributed by atoms with E-state index in [-0.39, 0.29) is 12.5 Å². The van der Waals surface area contributed by atoms with E-state index in [1.165, 1.54) is 32.1 Å². The van der Waals surface area contributed by atoms with Gasteiger partial charge in [0.15, 0.2) is 0 Å². The molecule has 0 saturated heterocycles. The summed E-state index contributed by atoms with van der Waals surface area (Å²) in [7, 11) is 0. The van der Waals surface area contributed by atoms with Crippen molar-refractivity contribution in [3.8, 4) is 0 Å². The summed E-state index contributed by atoms with van der Waals surface area (Å²) in [5.74, 6) is -0.0973. The Kier molecular flexibility index (Phi) is 36.1. The molecule has 0 aromatic carbocycles. The minimum atomic E-state index is -0.878. The Labute approximate surface area is 296 Å². The van der Waals surface area contributed by atoms with Crippen LogP contribution in [0.1, 0.15) is 142 Å². The molecule has 48 heavy (non-hydrogen) atoms. The first-order chi connectivity index (χ1) is 23.7. The maximum Gasteiger partial charge on any atom is 0.220 e. The molecule has 2 unspecified atom stereocenters. The number of carbonyl (C=O) groups is 1. The number of hydrogen-bond acceptors (Lipinski definition) is 3. The molecule has 0 aliphatic heterocycles. The van der Waals surface area contributed by atoms with Crippen molar-refractivity contribution >= 4 is 5.91 Å². The first-order valence-corrected chi connectivity index (χ1v) is 19.1. The van der Waals surface area contributed by atoms with Gasteiger partial charge in [-0.25, -0.2) is 0 Å². The SMILES string of the molecule is C/C=C/CC/C=C/CC/C=C/C(O)C(CO)NC(=O)CCCCCCCCCC/C=C\C/C=C\C/C=C\C/C=C\C/C=C\C/C=C\CC. The van der Waals surface area contributed by atoms with Crippen LogP contribution in [-0.2, 0) is 4.79 Å². The van der Waals surface area contributed by atoms with E-state index in [1.807, 2.05) is 13.0 Å². The fourth-order valence-corrected chi connectivity index (χ4v) is 4.92. The monoisotopic (exact) mass is 662 g/mol. The molecule has 4 nitrogen and oxygen atoms in total. The smallest absolute Gasteiger partial charge is 0.220 e. The molecule has 0 fully saturated rings. The average Bonchev–Trinajstić information content (AvgIpc) is 3.09. The van der Waals surface area contributed by atoms with E-state index >= 15 is 0 Å². The molecule has 0 bridgehead atoms. The second-order valence-corrected chi connectivity index (χ2v) is 12.3. The third-order valence-corrected chi connectivity index (χ3v) is 7.81. The van der Waals surface area contributed by atoms with Gasteiger partial charge in [0, 0.05) is 6.42 Å². The Bertz CT molecular complexity index is 979. The van der Waals surface area contributed by atoms with Crippen LogP contribution in [-0.4, -0.2) is 34.9 Å². The summed E-state index contributed by atoms with van der Waals surface area (Å²) in [5, 5.41) is 22.7. The number of allylic oxidation sites excluding steroid dienone is 17. The van der Waals surface area contributed by atoms with Crippen LogP contribution in [0.15, 0.2) is 109 Å². The lowest BCUT2D eigenvalue weighted by Crippen LogP contribution is -2.45. The van der Waals surface area contributed by atoms with Gasteiger partial charge in [-0.3, -0.25) is 4.79 Å². The van der Waals surface area contributed by atoms with Crippen molar-refractivity contribution in [1.82, 2.24) is 5.32 Å². The molecule has 2 atom stereocenters. The second kappa shape index (κ2) is 38.5. The van der Waals surface area contributed by atoms with Gasteiger partial charge in [-0.2, -0.15) is 0 Å². The zero-order valence-corrected chi connectivity index (χ0v) is 30.7. The van der Waals surface area contributed by atoms with Gasteiger partial charge < -0.3 is 15.5 Å². The highest BCUT2D eigenvalue weighted by Crippen LogP contribution is 2.11. The Hall–Kier alpha value is -2.95. The topological polar surface area (TPSA) is 69.6 Å². The van der Waals surface area contributed by atoms with Crippen LogP contribution >= 0.6 is 0 Å². The van der Waals surface area contributed by atoms with Crippen LogP contribution in [0.3, 0.4) is 0 Å².